The molecule has 0 spiro atoms. The molecule has 6 heteroatoms. The molecule has 0 fully saturated rings. The minimum Gasteiger partial charge on any atom is -0.478 e. The molecule has 4 N–H and O–H groups in total. The molecule has 1 rings (SSSR count). The summed E-state index contributed by atoms with van der Waals surface area (Å²) in [6.07, 6.45) is 0. The van der Waals surface area contributed by atoms with E-state index in [1.807, 2.05) is 0 Å². The largest absolute Gasteiger partial charge is 0.478 e. The van der Waals surface area contributed by atoms with Crippen LogP contribution < -0.4 is 11.1 Å². The highest BCUT2D eigenvalue weighted by molar-refractivity contribution is 6.33. The quantitative estimate of drug-likeness (QED) is 0.797. The third-order valence-electron chi connectivity index (χ3n) is 3.64. The van der Waals surface area contributed by atoms with Gasteiger partial charge in [0.15, 0.2) is 0 Å². The molecule has 0 aliphatic rings. The summed E-state index contributed by atoms with van der Waals surface area (Å²) in [7, 11) is 0. The Morgan fingerprint density at radius 2 is 1.80 bits per heavy atom. The number of nitrogens with one attached hydrogen (secondary N) is 1. The smallest absolute Gasteiger partial charge is 0.337 e. The molecule has 0 heterocycles. The summed E-state index contributed by atoms with van der Waals surface area (Å²) in [4.78, 5) is 23.1. The standard InChI is InChI=1S/C14H19ClN2O3/c1-13(2,14(3,4)16)12(20)17-8-5-6-9(11(18)19)10(15)7-8/h5-7H,16H2,1-4H3,(H,17,20)(H,18,19). The lowest BCUT2D eigenvalue weighted by Crippen LogP contribution is -2.53. The zero-order chi connectivity index (χ0) is 15.7. The first-order valence-corrected chi connectivity index (χ1v) is 6.48. The van der Waals surface area contributed by atoms with Crippen molar-refractivity contribution >= 4 is 29.2 Å². The molecule has 0 saturated carbocycles. The van der Waals surface area contributed by atoms with E-state index in [0.717, 1.165) is 0 Å². The van der Waals surface area contributed by atoms with E-state index in [1.165, 1.54) is 18.2 Å². The van der Waals surface area contributed by atoms with Gasteiger partial charge < -0.3 is 16.2 Å². The lowest BCUT2D eigenvalue weighted by molar-refractivity contribution is -0.126. The molecule has 0 aromatic heterocycles. The number of hydrogen-bond donors (Lipinski definition) is 3. The second-order valence-electron chi connectivity index (χ2n) is 5.80. The van der Waals surface area contributed by atoms with E-state index in [1.54, 1.807) is 27.7 Å². The second-order valence-corrected chi connectivity index (χ2v) is 6.21. The Balaban J connectivity index is 2.98. The summed E-state index contributed by atoms with van der Waals surface area (Å²) >= 11 is 5.86. The van der Waals surface area contributed by atoms with Crippen LogP contribution in [-0.4, -0.2) is 22.5 Å². The molecule has 20 heavy (non-hydrogen) atoms. The average Bonchev–Trinajstić information content (AvgIpc) is 2.26. The fourth-order valence-corrected chi connectivity index (χ4v) is 1.61. The average molecular weight is 299 g/mol. The third kappa shape index (κ3) is 3.29. The number of benzene rings is 1. The van der Waals surface area contributed by atoms with Crippen molar-refractivity contribution in [2.45, 2.75) is 33.2 Å². The Morgan fingerprint density at radius 3 is 2.20 bits per heavy atom. The van der Waals surface area contributed by atoms with Crippen molar-refractivity contribution in [1.82, 2.24) is 0 Å². The number of carbonyl (C=O) groups is 2. The highest BCUT2D eigenvalue weighted by atomic mass is 35.5. The number of carboxylic acid groups (broad SMARTS) is 1. The lowest BCUT2D eigenvalue weighted by Gasteiger charge is -2.36. The van der Waals surface area contributed by atoms with Gasteiger partial charge in [0.1, 0.15) is 0 Å². The maximum absolute atomic E-state index is 12.3. The summed E-state index contributed by atoms with van der Waals surface area (Å²) in [6.45, 7) is 7.03. The summed E-state index contributed by atoms with van der Waals surface area (Å²) in [5, 5.41) is 11.7. The number of aromatic carboxylic acids is 1. The Bertz CT molecular complexity index is 548. The second kappa shape index (κ2) is 5.42. The molecular formula is C14H19ClN2O3. The van der Waals surface area contributed by atoms with E-state index in [9.17, 15) is 9.59 Å². The van der Waals surface area contributed by atoms with Crippen molar-refractivity contribution in [2.75, 3.05) is 5.32 Å². The van der Waals surface area contributed by atoms with Crippen LogP contribution in [0.15, 0.2) is 18.2 Å². The highest BCUT2D eigenvalue weighted by Gasteiger charge is 2.40. The minimum absolute atomic E-state index is 0.0110. The zero-order valence-corrected chi connectivity index (χ0v) is 12.7. The van der Waals surface area contributed by atoms with Gasteiger partial charge in [-0.3, -0.25) is 4.79 Å². The molecule has 110 valence electrons. The van der Waals surface area contributed by atoms with Crippen LogP contribution >= 0.6 is 11.6 Å². The Morgan fingerprint density at radius 1 is 1.25 bits per heavy atom. The monoisotopic (exact) mass is 298 g/mol. The number of amides is 1. The Labute approximate surface area is 123 Å². The van der Waals surface area contributed by atoms with Crippen LogP contribution in [0.2, 0.25) is 5.02 Å². The van der Waals surface area contributed by atoms with E-state index < -0.39 is 16.9 Å². The van der Waals surface area contributed by atoms with Crippen LogP contribution in [-0.2, 0) is 4.79 Å². The van der Waals surface area contributed by atoms with Crippen molar-refractivity contribution in [3.8, 4) is 0 Å². The van der Waals surface area contributed by atoms with E-state index >= 15 is 0 Å². The van der Waals surface area contributed by atoms with E-state index in [-0.39, 0.29) is 16.5 Å². The summed E-state index contributed by atoms with van der Waals surface area (Å²) < 4.78 is 0. The Hall–Kier alpha value is -1.59. The molecule has 1 aromatic carbocycles. The van der Waals surface area contributed by atoms with Gasteiger partial charge in [-0.25, -0.2) is 4.79 Å². The number of carboxylic acids is 1. The number of rotatable bonds is 4. The minimum atomic E-state index is -1.11. The first-order chi connectivity index (χ1) is 8.96. The van der Waals surface area contributed by atoms with Crippen molar-refractivity contribution in [3.05, 3.63) is 28.8 Å². The van der Waals surface area contributed by atoms with E-state index in [4.69, 9.17) is 22.4 Å². The summed E-state index contributed by atoms with van der Waals surface area (Å²) in [5.74, 6) is -1.37. The first-order valence-electron chi connectivity index (χ1n) is 6.10. The van der Waals surface area contributed by atoms with Crippen LogP contribution in [0.1, 0.15) is 38.1 Å². The van der Waals surface area contributed by atoms with Crippen molar-refractivity contribution < 1.29 is 14.7 Å². The first kappa shape index (κ1) is 16.5. The third-order valence-corrected chi connectivity index (χ3v) is 3.95. The van der Waals surface area contributed by atoms with E-state index in [2.05, 4.69) is 5.32 Å². The lowest BCUT2D eigenvalue weighted by atomic mass is 9.74. The molecule has 5 nitrogen and oxygen atoms in total. The van der Waals surface area contributed by atoms with Gasteiger partial charge in [-0.1, -0.05) is 11.6 Å². The maximum Gasteiger partial charge on any atom is 0.337 e. The van der Waals surface area contributed by atoms with Crippen molar-refractivity contribution in [2.24, 2.45) is 11.1 Å². The van der Waals surface area contributed by atoms with Crippen LogP contribution in [0.3, 0.4) is 0 Å². The summed E-state index contributed by atoms with van der Waals surface area (Å²) in [5.41, 5.74) is 4.91. The fraction of sp³-hybridized carbons (Fsp3) is 0.429. The molecular weight excluding hydrogens is 280 g/mol. The maximum atomic E-state index is 12.3. The molecule has 0 radical (unpaired) electrons. The number of anilines is 1. The molecule has 0 aliphatic carbocycles. The van der Waals surface area contributed by atoms with Gasteiger partial charge in [0.2, 0.25) is 5.91 Å². The molecule has 0 atom stereocenters. The number of hydrogen-bond acceptors (Lipinski definition) is 3. The van der Waals surface area contributed by atoms with Gasteiger partial charge in [0, 0.05) is 11.2 Å². The van der Waals surface area contributed by atoms with Crippen LogP contribution in [0.4, 0.5) is 5.69 Å². The molecule has 0 saturated heterocycles. The van der Waals surface area contributed by atoms with Crippen LogP contribution in [0.5, 0.6) is 0 Å². The molecule has 0 aliphatic heterocycles. The predicted molar refractivity (Wildman–Crippen MR) is 79.1 cm³/mol. The van der Waals surface area contributed by atoms with Gasteiger partial charge in [0.05, 0.1) is 16.0 Å². The fourth-order valence-electron chi connectivity index (χ4n) is 1.35. The van der Waals surface area contributed by atoms with Crippen molar-refractivity contribution in [1.29, 1.82) is 0 Å². The van der Waals surface area contributed by atoms with Crippen molar-refractivity contribution in [3.63, 3.8) is 0 Å². The van der Waals surface area contributed by atoms with Gasteiger partial charge in [-0.05, 0) is 45.9 Å². The van der Waals surface area contributed by atoms with Crippen LogP contribution in [0.25, 0.3) is 0 Å². The SMILES string of the molecule is CC(C)(N)C(C)(C)C(=O)Nc1ccc(C(=O)O)c(Cl)c1. The normalized spacial score (nSPS) is 12.1. The number of nitrogens with two attached hydrogens (primary N) is 1. The van der Waals surface area contributed by atoms with Crippen LogP contribution in [0, 0.1) is 5.41 Å². The molecule has 0 bridgehead atoms. The predicted octanol–water partition coefficient (Wildman–Crippen LogP) is 2.74. The van der Waals surface area contributed by atoms with Gasteiger partial charge in [-0.15, -0.1) is 0 Å². The number of halogens is 1. The molecule has 0 unspecified atom stereocenters. The van der Waals surface area contributed by atoms with Gasteiger partial charge >= 0.3 is 5.97 Å². The highest BCUT2D eigenvalue weighted by Crippen LogP contribution is 2.30. The molecule has 1 amide bonds. The topological polar surface area (TPSA) is 92.4 Å². The number of carbonyl (C=O) groups excluding carboxylic acids is 1. The van der Waals surface area contributed by atoms with Gasteiger partial charge in [0.25, 0.3) is 0 Å². The van der Waals surface area contributed by atoms with E-state index in [0.29, 0.717) is 5.69 Å². The summed E-state index contributed by atoms with van der Waals surface area (Å²) in [6, 6.07) is 4.25. The molecule has 1 aromatic rings. The zero-order valence-electron chi connectivity index (χ0n) is 12.0. The Kier molecular flexibility index (Phi) is 4.46. The van der Waals surface area contributed by atoms with Gasteiger partial charge in [-0.2, -0.15) is 0 Å².